The molecule has 1 aromatic rings. The van der Waals surface area contributed by atoms with E-state index in [-0.39, 0.29) is 22.8 Å². The number of halogens is 2. The summed E-state index contributed by atoms with van der Waals surface area (Å²) in [5, 5.41) is 8.71. The Morgan fingerprint density at radius 3 is 2.80 bits per heavy atom. The maximum absolute atomic E-state index is 13.0. The Morgan fingerprint density at radius 2 is 2.27 bits per heavy atom. The lowest BCUT2D eigenvalue weighted by Crippen LogP contribution is -2.05. The van der Waals surface area contributed by atoms with Crippen LogP contribution in [0.2, 0.25) is 5.02 Å². The Labute approximate surface area is 91.4 Å². The van der Waals surface area contributed by atoms with Crippen molar-refractivity contribution in [2.45, 2.75) is 13.3 Å². The van der Waals surface area contributed by atoms with E-state index < -0.39 is 11.8 Å². The molecule has 0 saturated carbocycles. The van der Waals surface area contributed by atoms with E-state index in [2.05, 4.69) is 0 Å². The van der Waals surface area contributed by atoms with E-state index in [9.17, 15) is 9.18 Å². The topological polar surface area (TPSA) is 46.5 Å². The minimum absolute atomic E-state index is 0.0908. The van der Waals surface area contributed by atoms with Crippen LogP contribution in [0.3, 0.4) is 0 Å². The van der Waals surface area contributed by atoms with Crippen molar-refractivity contribution in [3.8, 4) is 5.75 Å². The summed E-state index contributed by atoms with van der Waals surface area (Å²) in [5.41, 5.74) is 0.245. The standard InChI is InChI=1S/C10H10ClFO3/c1-2-15-10-6(4-9(13)14)3-7(12)5-8(10)11/h3,5H,2,4H2,1H3,(H,13,14). The highest BCUT2D eigenvalue weighted by atomic mass is 35.5. The molecule has 1 rings (SSSR count). The van der Waals surface area contributed by atoms with Gasteiger partial charge in [-0.05, 0) is 19.1 Å². The van der Waals surface area contributed by atoms with Crippen molar-refractivity contribution in [2.75, 3.05) is 6.61 Å². The number of ether oxygens (including phenoxy) is 1. The number of aliphatic carboxylic acids is 1. The van der Waals surface area contributed by atoms with Gasteiger partial charge in [-0.2, -0.15) is 0 Å². The molecule has 0 aliphatic heterocycles. The van der Waals surface area contributed by atoms with E-state index in [0.29, 0.717) is 6.61 Å². The predicted octanol–water partition coefficient (Wildman–Crippen LogP) is 2.50. The molecule has 0 radical (unpaired) electrons. The van der Waals surface area contributed by atoms with Crippen LogP contribution in [0.1, 0.15) is 12.5 Å². The number of hydrogen-bond donors (Lipinski definition) is 1. The van der Waals surface area contributed by atoms with Crippen molar-refractivity contribution in [3.05, 3.63) is 28.5 Å². The second kappa shape index (κ2) is 4.98. The molecule has 0 amide bonds. The first-order valence-electron chi connectivity index (χ1n) is 4.37. The van der Waals surface area contributed by atoms with Gasteiger partial charge in [-0.15, -0.1) is 0 Å². The summed E-state index contributed by atoms with van der Waals surface area (Å²) in [4.78, 5) is 10.5. The van der Waals surface area contributed by atoms with Crippen LogP contribution in [-0.4, -0.2) is 17.7 Å². The number of carbonyl (C=O) groups is 1. The number of benzene rings is 1. The first-order valence-corrected chi connectivity index (χ1v) is 4.75. The van der Waals surface area contributed by atoms with Gasteiger partial charge in [-0.25, -0.2) is 4.39 Å². The van der Waals surface area contributed by atoms with Crippen LogP contribution in [0, 0.1) is 5.82 Å². The molecule has 0 spiro atoms. The molecule has 5 heteroatoms. The predicted molar refractivity (Wildman–Crippen MR) is 53.9 cm³/mol. The third-order valence-electron chi connectivity index (χ3n) is 1.72. The summed E-state index contributed by atoms with van der Waals surface area (Å²) in [6.45, 7) is 2.09. The zero-order valence-corrected chi connectivity index (χ0v) is 8.84. The highest BCUT2D eigenvalue weighted by molar-refractivity contribution is 6.32. The molecule has 0 bridgehead atoms. The number of hydrogen-bond acceptors (Lipinski definition) is 2. The fourth-order valence-electron chi connectivity index (χ4n) is 1.21. The van der Waals surface area contributed by atoms with E-state index in [0.717, 1.165) is 12.1 Å². The van der Waals surface area contributed by atoms with Crippen LogP contribution >= 0.6 is 11.6 Å². The van der Waals surface area contributed by atoms with Gasteiger partial charge in [-0.3, -0.25) is 4.79 Å². The highest BCUT2D eigenvalue weighted by Gasteiger charge is 2.13. The third kappa shape index (κ3) is 3.09. The van der Waals surface area contributed by atoms with E-state index >= 15 is 0 Å². The van der Waals surface area contributed by atoms with Gasteiger partial charge in [0, 0.05) is 5.56 Å². The van der Waals surface area contributed by atoms with Gasteiger partial charge < -0.3 is 9.84 Å². The van der Waals surface area contributed by atoms with Crippen LogP contribution in [0.5, 0.6) is 5.75 Å². The molecule has 0 aliphatic carbocycles. The highest BCUT2D eigenvalue weighted by Crippen LogP contribution is 2.30. The van der Waals surface area contributed by atoms with Crippen molar-refractivity contribution < 1.29 is 19.0 Å². The van der Waals surface area contributed by atoms with Crippen LogP contribution in [-0.2, 0) is 11.2 Å². The second-order valence-electron chi connectivity index (χ2n) is 2.88. The zero-order valence-electron chi connectivity index (χ0n) is 8.09. The minimum Gasteiger partial charge on any atom is -0.492 e. The molecule has 0 saturated heterocycles. The fraction of sp³-hybridized carbons (Fsp3) is 0.300. The molecule has 1 N–H and O–H groups in total. The minimum atomic E-state index is -1.06. The quantitative estimate of drug-likeness (QED) is 0.868. The lowest BCUT2D eigenvalue weighted by atomic mass is 10.1. The van der Waals surface area contributed by atoms with Gasteiger partial charge in [0.1, 0.15) is 11.6 Å². The Balaban J connectivity index is 3.13. The normalized spacial score (nSPS) is 10.1. The summed E-state index contributed by atoms with van der Waals surface area (Å²) in [6.07, 6.45) is -0.313. The third-order valence-corrected chi connectivity index (χ3v) is 2.00. The molecule has 0 fully saturated rings. The zero-order chi connectivity index (χ0) is 11.4. The summed E-state index contributed by atoms with van der Waals surface area (Å²) in [6, 6.07) is 2.21. The average molecular weight is 233 g/mol. The van der Waals surface area contributed by atoms with Gasteiger partial charge in [-0.1, -0.05) is 11.6 Å². The summed E-state index contributed by atoms with van der Waals surface area (Å²) < 4.78 is 18.1. The molecule has 0 unspecified atom stereocenters. The van der Waals surface area contributed by atoms with Crippen LogP contribution < -0.4 is 4.74 Å². The molecular weight excluding hydrogens is 223 g/mol. The monoisotopic (exact) mass is 232 g/mol. The molecular formula is C10H10ClFO3. The lowest BCUT2D eigenvalue weighted by Gasteiger charge is -2.10. The molecule has 0 aromatic heterocycles. The van der Waals surface area contributed by atoms with Crippen LogP contribution in [0.15, 0.2) is 12.1 Å². The number of carboxylic acid groups (broad SMARTS) is 1. The van der Waals surface area contributed by atoms with Crippen molar-refractivity contribution in [1.82, 2.24) is 0 Å². The molecule has 82 valence electrons. The summed E-state index contributed by atoms with van der Waals surface area (Å²) in [5.74, 6) is -1.39. The molecule has 0 atom stereocenters. The van der Waals surface area contributed by atoms with Gasteiger partial charge in [0.25, 0.3) is 0 Å². The number of rotatable bonds is 4. The van der Waals surface area contributed by atoms with E-state index in [1.165, 1.54) is 0 Å². The van der Waals surface area contributed by atoms with Crippen molar-refractivity contribution in [2.24, 2.45) is 0 Å². The molecule has 0 heterocycles. The molecule has 3 nitrogen and oxygen atoms in total. The second-order valence-corrected chi connectivity index (χ2v) is 3.29. The van der Waals surface area contributed by atoms with Gasteiger partial charge in [0.2, 0.25) is 0 Å². The van der Waals surface area contributed by atoms with E-state index in [1.807, 2.05) is 0 Å². The smallest absolute Gasteiger partial charge is 0.307 e. The van der Waals surface area contributed by atoms with Crippen molar-refractivity contribution in [1.29, 1.82) is 0 Å². The maximum atomic E-state index is 13.0. The SMILES string of the molecule is CCOc1c(Cl)cc(F)cc1CC(=O)O. The Morgan fingerprint density at radius 1 is 1.60 bits per heavy atom. The Bertz CT molecular complexity index is 379. The molecule has 1 aromatic carbocycles. The summed E-state index contributed by atoms with van der Waals surface area (Å²) >= 11 is 5.74. The van der Waals surface area contributed by atoms with Gasteiger partial charge >= 0.3 is 5.97 Å². The lowest BCUT2D eigenvalue weighted by molar-refractivity contribution is -0.136. The van der Waals surface area contributed by atoms with Gasteiger partial charge in [0.15, 0.2) is 0 Å². The van der Waals surface area contributed by atoms with Crippen LogP contribution in [0.4, 0.5) is 4.39 Å². The van der Waals surface area contributed by atoms with Gasteiger partial charge in [0.05, 0.1) is 18.1 Å². The first-order chi connectivity index (χ1) is 7.04. The van der Waals surface area contributed by atoms with Crippen molar-refractivity contribution >= 4 is 17.6 Å². The van der Waals surface area contributed by atoms with Crippen LogP contribution in [0.25, 0.3) is 0 Å². The average Bonchev–Trinajstić information content (AvgIpc) is 2.10. The van der Waals surface area contributed by atoms with E-state index in [4.69, 9.17) is 21.4 Å². The maximum Gasteiger partial charge on any atom is 0.307 e. The summed E-state index contributed by atoms with van der Waals surface area (Å²) in [7, 11) is 0. The Kier molecular flexibility index (Phi) is 3.91. The van der Waals surface area contributed by atoms with E-state index in [1.54, 1.807) is 6.92 Å². The number of carboxylic acids is 1. The molecule has 0 aliphatic rings. The largest absolute Gasteiger partial charge is 0.492 e. The first kappa shape index (κ1) is 11.8. The van der Waals surface area contributed by atoms with Crippen molar-refractivity contribution in [3.63, 3.8) is 0 Å². The fourth-order valence-corrected chi connectivity index (χ4v) is 1.49. The Hall–Kier alpha value is -1.29. The molecule has 15 heavy (non-hydrogen) atoms.